The molecule has 0 amide bonds. The maximum absolute atomic E-state index is 6.51. The van der Waals surface area contributed by atoms with Crippen molar-refractivity contribution in [2.24, 2.45) is 0 Å². The van der Waals surface area contributed by atoms with E-state index in [4.69, 9.17) is 139 Å². The molecular formula is C13Cl12. The molecule has 136 valence electrons. The molecule has 0 saturated heterocycles. The molecule has 12 heteroatoms. The van der Waals surface area contributed by atoms with Crippen LogP contribution in [0, 0.1) is 0 Å². The zero-order chi connectivity index (χ0) is 19.4. The van der Waals surface area contributed by atoms with E-state index >= 15 is 0 Å². The fourth-order valence-corrected chi connectivity index (χ4v) is 5.87. The highest BCUT2D eigenvalue weighted by Gasteiger charge is 2.41. The maximum Gasteiger partial charge on any atom is 0.174 e. The smallest absolute Gasteiger partial charge is 0.0907 e. The largest absolute Gasteiger partial charge is 0.174 e. The van der Waals surface area contributed by atoms with Gasteiger partial charge in [0.05, 0.1) is 50.2 Å². The number of benzene rings is 2. The van der Waals surface area contributed by atoms with Crippen molar-refractivity contribution in [3.63, 3.8) is 0 Å². The summed E-state index contributed by atoms with van der Waals surface area (Å²) in [6.45, 7) is 0. The van der Waals surface area contributed by atoms with Gasteiger partial charge in [-0.2, -0.15) is 0 Å². The van der Waals surface area contributed by atoms with Gasteiger partial charge in [0.25, 0.3) is 0 Å². The van der Waals surface area contributed by atoms with Gasteiger partial charge in [-0.05, 0) is 0 Å². The van der Waals surface area contributed by atoms with Crippen LogP contribution in [0.4, 0.5) is 0 Å². The van der Waals surface area contributed by atoms with Gasteiger partial charge in [0.2, 0.25) is 0 Å². The van der Waals surface area contributed by atoms with Crippen molar-refractivity contribution in [2.75, 3.05) is 0 Å². The average Bonchev–Trinajstić information content (AvgIpc) is 2.54. The minimum Gasteiger partial charge on any atom is -0.0907 e. The molecule has 2 aromatic carbocycles. The molecule has 0 aromatic heterocycles. The Kier molecular flexibility index (Phi) is 7.74. The van der Waals surface area contributed by atoms with Gasteiger partial charge in [-0.25, -0.2) is 0 Å². The second kappa shape index (κ2) is 8.34. The lowest BCUT2D eigenvalue weighted by Gasteiger charge is -2.27. The number of halogens is 12. The van der Waals surface area contributed by atoms with E-state index in [0.717, 1.165) is 0 Å². The third-order valence-electron chi connectivity index (χ3n) is 3.05. The Morgan fingerprint density at radius 3 is 0.680 bits per heavy atom. The lowest BCUT2D eigenvalue weighted by molar-refractivity contribution is 1.04. The predicted molar refractivity (Wildman–Crippen MR) is 115 cm³/mol. The highest BCUT2D eigenvalue weighted by Crippen LogP contribution is 2.58. The monoisotopic (exact) mass is 576 g/mol. The molecule has 0 N–H and O–H groups in total. The molecule has 0 bridgehead atoms. The van der Waals surface area contributed by atoms with E-state index in [2.05, 4.69) is 0 Å². The molecule has 0 atom stereocenters. The molecule has 0 aliphatic rings. The molecule has 0 aliphatic heterocycles. The summed E-state index contributed by atoms with van der Waals surface area (Å²) >= 11 is 74.0. The molecule has 0 fully saturated rings. The Balaban J connectivity index is 2.96. The number of hydrogen-bond donors (Lipinski definition) is 0. The first-order valence-electron chi connectivity index (χ1n) is 5.77. The van der Waals surface area contributed by atoms with Gasteiger partial charge in [-0.3, -0.25) is 0 Å². The Morgan fingerprint density at radius 2 is 0.480 bits per heavy atom. The van der Waals surface area contributed by atoms with E-state index in [-0.39, 0.29) is 61.4 Å². The first kappa shape index (κ1) is 23.2. The fraction of sp³-hybridized carbons (Fsp3) is 0.0769. The van der Waals surface area contributed by atoms with E-state index in [1.807, 2.05) is 0 Å². The normalized spacial score (nSPS) is 12.0. The Morgan fingerprint density at radius 1 is 0.320 bits per heavy atom. The van der Waals surface area contributed by atoms with E-state index in [1.54, 1.807) is 0 Å². The first-order valence-corrected chi connectivity index (χ1v) is 10.3. The van der Waals surface area contributed by atoms with Crippen LogP contribution in [0.15, 0.2) is 0 Å². The highest BCUT2D eigenvalue weighted by atomic mass is 35.5. The molecule has 0 nitrogen and oxygen atoms in total. The summed E-state index contributed by atoms with van der Waals surface area (Å²) in [4.78, 5) is 0. The lowest BCUT2D eigenvalue weighted by atomic mass is 10.0. The van der Waals surface area contributed by atoms with Crippen molar-refractivity contribution < 1.29 is 0 Å². The Hall–Kier alpha value is 1.92. The van der Waals surface area contributed by atoms with Gasteiger partial charge < -0.3 is 0 Å². The number of hydrogen-bond acceptors (Lipinski definition) is 0. The molecule has 0 saturated carbocycles. The summed E-state index contributed by atoms with van der Waals surface area (Å²) in [5, 5.41) is -1.21. The van der Waals surface area contributed by atoms with E-state index in [1.165, 1.54) is 0 Å². The van der Waals surface area contributed by atoms with E-state index in [9.17, 15) is 0 Å². The molecule has 2 rings (SSSR count). The minimum atomic E-state index is -2.04. The third kappa shape index (κ3) is 3.87. The van der Waals surface area contributed by atoms with Gasteiger partial charge in [0.15, 0.2) is 4.33 Å². The highest BCUT2D eigenvalue weighted by molar-refractivity contribution is 6.61. The zero-order valence-electron chi connectivity index (χ0n) is 11.0. The van der Waals surface area contributed by atoms with Crippen LogP contribution in [0.3, 0.4) is 0 Å². The van der Waals surface area contributed by atoms with Crippen molar-refractivity contribution in [2.45, 2.75) is 4.33 Å². The first-order chi connectivity index (χ1) is 11.4. The quantitative estimate of drug-likeness (QED) is 0.188. The van der Waals surface area contributed by atoms with Gasteiger partial charge in [0.1, 0.15) is 0 Å². The molecule has 0 spiro atoms. The molecule has 0 aliphatic carbocycles. The molecular weight excluding hydrogens is 582 g/mol. The van der Waals surface area contributed by atoms with Crippen LogP contribution in [0.5, 0.6) is 0 Å². The SMILES string of the molecule is Clc1c(Cl)c(Cl)c(C(Cl)(Cl)c2c(Cl)c(Cl)c(Cl)c(Cl)c2Cl)c(Cl)c1Cl. The van der Waals surface area contributed by atoms with Gasteiger partial charge >= 0.3 is 0 Å². The van der Waals surface area contributed by atoms with Crippen LogP contribution in [-0.4, -0.2) is 0 Å². The molecule has 25 heavy (non-hydrogen) atoms. The third-order valence-corrected chi connectivity index (χ3v) is 8.36. The second-order valence-electron chi connectivity index (χ2n) is 4.46. The van der Waals surface area contributed by atoms with Crippen molar-refractivity contribution in [3.05, 3.63) is 61.4 Å². The summed E-state index contributed by atoms with van der Waals surface area (Å²) in [5.74, 6) is 0. The van der Waals surface area contributed by atoms with Crippen molar-refractivity contribution in [1.29, 1.82) is 0 Å². The molecule has 0 unspecified atom stereocenters. The minimum absolute atomic E-state index is 0.0735. The zero-order valence-corrected chi connectivity index (χ0v) is 20.1. The topological polar surface area (TPSA) is 0 Å². The standard InChI is InChI=1S/C13Cl12/c14-3-1(4(15)8(19)11(22)7(3)18)13(24,25)2-5(16)9(20)12(23)10(21)6(2)17. The van der Waals surface area contributed by atoms with Crippen molar-refractivity contribution >= 4 is 139 Å². The van der Waals surface area contributed by atoms with Crippen molar-refractivity contribution in [3.8, 4) is 0 Å². The van der Waals surface area contributed by atoms with Crippen molar-refractivity contribution in [1.82, 2.24) is 0 Å². The van der Waals surface area contributed by atoms with Gasteiger partial charge in [-0.15, -0.1) is 0 Å². The van der Waals surface area contributed by atoms with Crippen LogP contribution >= 0.6 is 139 Å². The van der Waals surface area contributed by atoms with Crippen LogP contribution in [0.1, 0.15) is 11.1 Å². The van der Waals surface area contributed by atoms with Crippen LogP contribution < -0.4 is 0 Å². The summed E-state index contributed by atoms with van der Waals surface area (Å²) in [6.07, 6.45) is 0. The maximum atomic E-state index is 6.51. The van der Waals surface area contributed by atoms with Crippen LogP contribution in [0.2, 0.25) is 50.2 Å². The Bertz CT molecular complexity index is 756. The summed E-state index contributed by atoms with van der Waals surface area (Å²) in [5.41, 5.74) is -0.200. The molecule has 2 aromatic rings. The lowest BCUT2D eigenvalue weighted by Crippen LogP contribution is -2.16. The van der Waals surface area contributed by atoms with Gasteiger partial charge in [0, 0.05) is 11.1 Å². The molecule has 0 heterocycles. The van der Waals surface area contributed by atoms with Crippen LogP contribution in [0.25, 0.3) is 0 Å². The summed E-state index contributed by atoms with van der Waals surface area (Å²) in [6, 6.07) is 0. The van der Waals surface area contributed by atoms with Gasteiger partial charge in [-0.1, -0.05) is 139 Å². The summed E-state index contributed by atoms with van der Waals surface area (Å²) in [7, 11) is 0. The number of rotatable bonds is 2. The van der Waals surface area contributed by atoms with E-state index < -0.39 is 4.33 Å². The Labute approximate surface area is 202 Å². The average molecular weight is 582 g/mol. The predicted octanol–water partition coefficient (Wildman–Crippen LogP) is 10.9. The number of alkyl halides is 2. The summed E-state index contributed by atoms with van der Waals surface area (Å²) < 4.78 is -2.04. The van der Waals surface area contributed by atoms with Crippen LogP contribution in [-0.2, 0) is 4.33 Å². The molecule has 0 radical (unpaired) electrons. The van der Waals surface area contributed by atoms with E-state index in [0.29, 0.717) is 0 Å². The fourth-order valence-electron chi connectivity index (χ4n) is 1.89. The second-order valence-corrected chi connectivity index (χ2v) is 9.57.